The highest BCUT2D eigenvalue weighted by Crippen LogP contribution is 2.12. The topological polar surface area (TPSA) is 73.7 Å². The molecule has 0 radical (unpaired) electrons. The average Bonchev–Trinajstić information content (AvgIpc) is 2.65. The van der Waals surface area contributed by atoms with Gasteiger partial charge < -0.3 is 10.2 Å². The first kappa shape index (κ1) is 13.9. The quantitative estimate of drug-likeness (QED) is 0.767. The van der Waals surface area contributed by atoms with Crippen molar-refractivity contribution < 1.29 is 23.8 Å². The maximum Gasteiger partial charge on any atom is 0.365 e. The second-order valence-corrected chi connectivity index (χ2v) is 4.16. The highest BCUT2D eigenvalue weighted by atomic mass is 32.1. The van der Waals surface area contributed by atoms with E-state index in [0.717, 1.165) is 11.3 Å². The highest BCUT2D eigenvalue weighted by molar-refractivity contribution is 7.11. The minimum absolute atomic E-state index is 0.0685. The monoisotopic (exact) mass is 266 g/mol. The molecule has 0 bridgehead atoms. The third kappa shape index (κ3) is 4.72. The molecule has 5 nitrogen and oxygen atoms in total. The molecule has 96 valence electrons. The number of hydrogen-bond donors (Lipinski definition) is 2. The molecule has 0 atom stereocenters. The molecule has 0 saturated carbocycles. The molecule has 0 spiro atoms. The number of thiazole rings is 1. The zero-order valence-electron chi connectivity index (χ0n) is 8.84. The molecule has 1 rings (SSSR count). The van der Waals surface area contributed by atoms with Gasteiger partial charge in [0.1, 0.15) is 0 Å². The smallest absolute Gasteiger partial charge is 0.365 e. The predicted octanol–water partition coefficient (Wildman–Crippen LogP) is 0.901. The van der Waals surface area contributed by atoms with Crippen molar-refractivity contribution in [3.05, 3.63) is 16.1 Å². The molecular formula is C9H12F2N2O3S. The summed E-state index contributed by atoms with van der Waals surface area (Å²) in [5.74, 6) is -1.14. The van der Waals surface area contributed by atoms with Crippen LogP contribution in [0.1, 0.15) is 15.5 Å². The molecule has 0 aliphatic carbocycles. The lowest BCUT2D eigenvalue weighted by atomic mass is 10.4. The minimum atomic E-state index is -2.50. The van der Waals surface area contributed by atoms with Crippen molar-refractivity contribution in [3.63, 3.8) is 0 Å². The molecule has 0 aliphatic rings. The van der Waals surface area contributed by atoms with Crippen LogP contribution >= 0.6 is 11.3 Å². The minimum Gasteiger partial charge on any atom is -0.476 e. The number of halogens is 2. The van der Waals surface area contributed by atoms with Crippen LogP contribution in [0, 0.1) is 0 Å². The Labute approximate surface area is 100 Å². The van der Waals surface area contributed by atoms with Gasteiger partial charge in [-0.05, 0) is 0 Å². The van der Waals surface area contributed by atoms with Crippen molar-refractivity contribution in [2.45, 2.75) is 13.0 Å². The zero-order chi connectivity index (χ0) is 12.8. The molecule has 2 N–H and O–H groups in total. The SMILES string of the molecule is O=C(O)c1nc(CN(CCO)CC(F)F)cs1. The van der Waals surface area contributed by atoms with Crippen LogP contribution < -0.4 is 0 Å². The van der Waals surface area contributed by atoms with Crippen molar-refractivity contribution in [1.82, 2.24) is 9.88 Å². The number of carboxylic acid groups (broad SMARTS) is 1. The zero-order valence-corrected chi connectivity index (χ0v) is 9.66. The number of aromatic carboxylic acids is 1. The van der Waals surface area contributed by atoms with E-state index in [2.05, 4.69) is 4.98 Å². The van der Waals surface area contributed by atoms with Gasteiger partial charge in [0.25, 0.3) is 6.43 Å². The van der Waals surface area contributed by atoms with Crippen LogP contribution in [0.15, 0.2) is 5.38 Å². The molecule has 0 unspecified atom stereocenters. The van der Waals surface area contributed by atoms with E-state index in [4.69, 9.17) is 10.2 Å². The van der Waals surface area contributed by atoms with E-state index in [-0.39, 0.29) is 24.7 Å². The van der Waals surface area contributed by atoms with E-state index in [0.29, 0.717) is 5.69 Å². The van der Waals surface area contributed by atoms with Crippen molar-refractivity contribution in [2.75, 3.05) is 19.7 Å². The number of aliphatic hydroxyl groups excluding tert-OH is 1. The third-order valence-corrected chi connectivity index (χ3v) is 2.81. The predicted molar refractivity (Wildman–Crippen MR) is 57.4 cm³/mol. The molecule has 1 aromatic heterocycles. The van der Waals surface area contributed by atoms with Gasteiger partial charge in [-0.2, -0.15) is 0 Å². The Balaban J connectivity index is 2.61. The van der Waals surface area contributed by atoms with Crippen molar-refractivity contribution in [2.24, 2.45) is 0 Å². The van der Waals surface area contributed by atoms with Crippen LogP contribution in [0.4, 0.5) is 8.78 Å². The Morgan fingerprint density at radius 1 is 1.59 bits per heavy atom. The Bertz CT molecular complexity index is 373. The summed E-state index contributed by atoms with van der Waals surface area (Å²) in [6.45, 7) is -0.498. The van der Waals surface area contributed by atoms with E-state index < -0.39 is 18.9 Å². The van der Waals surface area contributed by atoms with Gasteiger partial charge in [0.05, 0.1) is 18.8 Å². The summed E-state index contributed by atoms with van der Waals surface area (Å²) in [6, 6.07) is 0. The molecule has 0 aliphatic heterocycles. The Hall–Kier alpha value is -1.12. The normalized spacial score (nSPS) is 11.4. The van der Waals surface area contributed by atoms with Crippen molar-refractivity contribution in [3.8, 4) is 0 Å². The van der Waals surface area contributed by atoms with E-state index >= 15 is 0 Å². The molecular weight excluding hydrogens is 254 g/mol. The Kier molecular flexibility index (Phi) is 5.39. The maximum atomic E-state index is 12.2. The fourth-order valence-corrected chi connectivity index (χ4v) is 1.92. The number of carboxylic acids is 1. The van der Waals surface area contributed by atoms with Gasteiger partial charge in [-0.15, -0.1) is 11.3 Å². The summed E-state index contributed by atoms with van der Waals surface area (Å²) in [5.41, 5.74) is 0.418. The molecule has 8 heteroatoms. The van der Waals surface area contributed by atoms with Gasteiger partial charge in [0.2, 0.25) is 5.01 Å². The third-order valence-electron chi connectivity index (χ3n) is 1.93. The van der Waals surface area contributed by atoms with E-state index in [1.165, 1.54) is 10.3 Å². The van der Waals surface area contributed by atoms with Gasteiger partial charge in [-0.1, -0.05) is 0 Å². The summed E-state index contributed by atoms with van der Waals surface area (Å²) in [4.78, 5) is 15.7. The van der Waals surface area contributed by atoms with Gasteiger partial charge in [-0.3, -0.25) is 4.90 Å². The number of carbonyl (C=O) groups is 1. The number of nitrogens with zero attached hydrogens (tertiary/aromatic N) is 2. The van der Waals surface area contributed by atoms with Gasteiger partial charge >= 0.3 is 5.97 Å². The van der Waals surface area contributed by atoms with Crippen LogP contribution in [0.5, 0.6) is 0 Å². The number of rotatable bonds is 7. The second kappa shape index (κ2) is 6.58. The molecule has 0 saturated heterocycles. The van der Waals surface area contributed by atoms with Crippen molar-refractivity contribution >= 4 is 17.3 Å². The molecule has 0 aromatic carbocycles. The first-order valence-electron chi connectivity index (χ1n) is 4.82. The number of aliphatic hydroxyl groups is 1. The van der Waals surface area contributed by atoms with E-state index in [1.807, 2.05) is 0 Å². The molecule has 0 amide bonds. The van der Waals surface area contributed by atoms with Crippen LogP contribution in [-0.4, -0.2) is 52.2 Å². The lowest BCUT2D eigenvalue weighted by molar-refractivity contribution is 0.0688. The summed E-state index contributed by atoms with van der Waals surface area (Å²) in [7, 11) is 0. The lowest BCUT2D eigenvalue weighted by Gasteiger charge is -2.19. The lowest BCUT2D eigenvalue weighted by Crippen LogP contribution is -2.31. The largest absolute Gasteiger partial charge is 0.476 e. The molecule has 1 aromatic rings. The average molecular weight is 266 g/mol. The summed E-state index contributed by atoms with van der Waals surface area (Å²) >= 11 is 0.949. The Morgan fingerprint density at radius 3 is 2.76 bits per heavy atom. The van der Waals surface area contributed by atoms with Gasteiger partial charge in [0.15, 0.2) is 0 Å². The first-order chi connectivity index (χ1) is 8.02. The highest BCUT2D eigenvalue weighted by Gasteiger charge is 2.15. The second-order valence-electron chi connectivity index (χ2n) is 3.30. The van der Waals surface area contributed by atoms with Crippen molar-refractivity contribution in [1.29, 1.82) is 0 Å². The number of alkyl halides is 2. The fraction of sp³-hybridized carbons (Fsp3) is 0.556. The molecule has 0 fully saturated rings. The van der Waals surface area contributed by atoms with Crippen LogP contribution in [0.25, 0.3) is 0 Å². The first-order valence-corrected chi connectivity index (χ1v) is 5.70. The van der Waals surface area contributed by atoms with Crippen LogP contribution in [-0.2, 0) is 6.54 Å². The van der Waals surface area contributed by atoms with Gasteiger partial charge in [0, 0.05) is 18.5 Å². The number of aromatic nitrogens is 1. The molecule has 17 heavy (non-hydrogen) atoms. The Morgan fingerprint density at radius 2 is 2.29 bits per heavy atom. The van der Waals surface area contributed by atoms with Crippen LogP contribution in [0.3, 0.4) is 0 Å². The summed E-state index contributed by atoms with van der Waals surface area (Å²) in [5, 5.41) is 18.8. The van der Waals surface area contributed by atoms with Crippen LogP contribution in [0.2, 0.25) is 0 Å². The fourth-order valence-electron chi connectivity index (χ4n) is 1.28. The van der Waals surface area contributed by atoms with E-state index in [9.17, 15) is 13.6 Å². The van der Waals surface area contributed by atoms with Gasteiger partial charge in [-0.25, -0.2) is 18.6 Å². The maximum absolute atomic E-state index is 12.2. The summed E-state index contributed by atoms with van der Waals surface area (Å²) in [6.07, 6.45) is -2.50. The summed E-state index contributed by atoms with van der Waals surface area (Å²) < 4.78 is 24.4. The number of hydrogen-bond acceptors (Lipinski definition) is 5. The van der Waals surface area contributed by atoms with E-state index in [1.54, 1.807) is 0 Å². The molecule has 1 heterocycles. The standard InChI is InChI=1S/C9H12F2N2O3S/c10-7(11)4-13(1-2-14)3-6-5-17-8(12-6)9(15)16/h5,7,14H,1-4H2,(H,15,16).